The Balaban J connectivity index is 1.72. The molecule has 1 heterocycles. The molecular formula is C18H21N3O. The summed E-state index contributed by atoms with van der Waals surface area (Å²) in [5.41, 5.74) is 7.22. The molecule has 2 aromatic rings. The number of fused-ring (bicyclic) bond motifs is 1. The summed E-state index contributed by atoms with van der Waals surface area (Å²) >= 11 is 0. The van der Waals surface area contributed by atoms with Crippen molar-refractivity contribution in [3.05, 3.63) is 30.0 Å². The summed E-state index contributed by atoms with van der Waals surface area (Å²) in [6.45, 7) is 0. The van der Waals surface area contributed by atoms with Crippen LogP contribution in [0.2, 0.25) is 0 Å². The Morgan fingerprint density at radius 1 is 1.09 bits per heavy atom. The lowest BCUT2D eigenvalue weighted by atomic mass is 9.53. The molecule has 4 saturated carbocycles. The Morgan fingerprint density at radius 3 is 2.27 bits per heavy atom. The summed E-state index contributed by atoms with van der Waals surface area (Å²) in [5, 5.41) is 5.63. The highest BCUT2D eigenvalue weighted by Gasteiger charge is 2.53. The smallest absolute Gasteiger partial charge is 0.269 e. The Labute approximate surface area is 129 Å². The summed E-state index contributed by atoms with van der Waals surface area (Å²) in [7, 11) is 0. The van der Waals surface area contributed by atoms with Crippen LogP contribution in [0.4, 0.5) is 0 Å². The molecule has 4 bridgehead atoms. The van der Waals surface area contributed by atoms with Crippen molar-refractivity contribution >= 4 is 16.8 Å². The van der Waals surface area contributed by atoms with Gasteiger partial charge < -0.3 is 5.73 Å². The van der Waals surface area contributed by atoms with Gasteiger partial charge in [0.05, 0.1) is 11.1 Å². The number of hydrogen-bond donors (Lipinski definition) is 1. The molecular weight excluding hydrogens is 274 g/mol. The normalized spacial score (nSPS) is 36.1. The van der Waals surface area contributed by atoms with Crippen molar-refractivity contribution in [2.75, 3.05) is 0 Å². The van der Waals surface area contributed by atoms with Crippen molar-refractivity contribution in [1.82, 2.24) is 9.78 Å². The minimum absolute atomic E-state index is 0.127. The van der Waals surface area contributed by atoms with Gasteiger partial charge in [-0.25, -0.2) is 0 Å². The van der Waals surface area contributed by atoms with Gasteiger partial charge in [0.15, 0.2) is 5.69 Å². The summed E-state index contributed by atoms with van der Waals surface area (Å²) in [6, 6.07) is 8.05. The number of nitrogens with two attached hydrogens (primary N) is 1. The van der Waals surface area contributed by atoms with Gasteiger partial charge in [-0.1, -0.05) is 18.2 Å². The molecule has 0 spiro atoms. The number of benzene rings is 1. The van der Waals surface area contributed by atoms with Crippen molar-refractivity contribution in [3.63, 3.8) is 0 Å². The lowest BCUT2D eigenvalue weighted by Crippen LogP contribution is -2.52. The number of carbonyl (C=O) groups excluding carboxylic acids is 1. The van der Waals surface area contributed by atoms with E-state index in [2.05, 4.69) is 10.7 Å². The number of rotatable bonds is 2. The zero-order chi connectivity index (χ0) is 14.9. The quantitative estimate of drug-likeness (QED) is 0.925. The SMILES string of the molecule is NC(=O)c1nn(C23CC4CC(CC(C4)C2)C3)c2ccccc12. The van der Waals surface area contributed by atoms with Crippen molar-refractivity contribution in [2.45, 2.75) is 44.1 Å². The van der Waals surface area contributed by atoms with Crippen LogP contribution in [0.25, 0.3) is 10.9 Å². The van der Waals surface area contributed by atoms with Crippen molar-refractivity contribution in [3.8, 4) is 0 Å². The molecule has 2 N–H and O–H groups in total. The minimum atomic E-state index is -0.417. The van der Waals surface area contributed by atoms with Crippen LogP contribution in [-0.2, 0) is 5.54 Å². The lowest BCUT2D eigenvalue weighted by molar-refractivity contribution is -0.0471. The zero-order valence-electron chi connectivity index (χ0n) is 12.7. The molecule has 0 aliphatic heterocycles. The van der Waals surface area contributed by atoms with Gasteiger partial charge in [0.2, 0.25) is 0 Å². The van der Waals surface area contributed by atoms with Gasteiger partial charge in [-0.2, -0.15) is 5.10 Å². The van der Waals surface area contributed by atoms with Gasteiger partial charge >= 0.3 is 0 Å². The minimum Gasteiger partial charge on any atom is -0.364 e. The first-order valence-electron chi connectivity index (χ1n) is 8.43. The van der Waals surface area contributed by atoms with Crippen molar-refractivity contribution in [1.29, 1.82) is 0 Å². The van der Waals surface area contributed by atoms with E-state index >= 15 is 0 Å². The Bertz CT molecular complexity index is 740. The first kappa shape index (κ1) is 12.7. The van der Waals surface area contributed by atoms with Crippen LogP contribution in [0.5, 0.6) is 0 Å². The molecule has 1 amide bonds. The van der Waals surface area contributed by atoms with E-state index in [9.17, 15) is 4.79 Å². The molecule has 4 fully saturated rings. The van der Waals surface area contributed by atoms with Crippen molar-refractivity contribution < 1.29 is 4.79 Å². The van der Waals surface area contributed by atoms with Crippen LogP contribution in [-0.4, -0.2) is 15.7 Å². The van der Waals surface area contributed by atoms with Gasteiger partial charge in [-0.3, -0.25) is 9.48 Å². The fourth-order valence-corrected chi connectivity index (χ4v) is 5.93. The molecule has 0 unspecified atom stereocenters. The van der Waals surface area contributed by atoms with Gasteiger partial charge in [0.25, 0.3) is 5.91 Å². The molecule has 4 heteroatoms. The molecule has 4 aliphatic carbocycles. The van der Waals surface area contributed by atoms with E-state index in [4.69, 9.17) is 10.8 Å². The first-order valence-corrected chi connectivity index (χ1v) is 8.43. The van der Waals surface area contributed by atoms with E-state index in [1.165, 1.54) is 38.5 Å². The molecule has 4 aliphatic rings. The number of primary amides is 1. The average molecular weight is 295 g/mol. The zero-order valence-corrected chi connectivity index (χ0v) is 12.7. The van der Waals surface area contributed by atoms with Crippen LogP contribution in [0, 0.1) is 17.8 Å². The molecule has 6 rings (SSSR count). The number of amides is 1. The maximum Gasteiger partial charge on any atom is 0.269 e. The summed E-state index contributed by atoms with van der Waals surface area (Å²) < 4.78 is 2.19. The van der Waals surface area contributed by atoms with Crippen LogP contribution < -0.4 is 5.73 Å². The number of aromatic nitrogens is 2. The predicted molar refractivity (Wildman–Crippen MR) is 84.4 cm³/mol. The largest absolute Gasteiger partial charge is 0.364 e. The van der Waals surface area contributed by atoms with Gasteiger partial charge in [-0.05, 0) is 62.3 Å². The van der Waals surface area contributed by atoms with Crippen molar-refractivity contribution in [2.24, 2.45) is 23.5 Å². The Hall–Kier alpha value is -1.84. The van der Waals surface area contributed by atoms with Crippen LogP contribution in [0.3, 0.4) is 0 Å². The van der Waals surface area contributed by atoms with E-state index in [0.717, 1.165) is 28.7 Å². The second-order valence-electron chi connectivity index (χ2n) is 7.78. The summed E-state index contributed by atoms with van der Waals surface area (Å²) in [4.78, 5) is 11.8. The highest BCUT2D eigenvalue weighted by atomic mass is 16.1. The second kappa shape index (κ2) is 4.12. The van der Waals surface area contributed by atoms with Gasteiger partial charge in [-0.15, -0.1) is 0 Å². The average Bonchev–Trinajstić information content (AvgIpc) is 2.86. The van der Waals surface area contributed by atoms with E-state index < -0.39 is 5.91 Å². The second-order valence-corrected chi connectivity index (χ2v) is 7.78. The third kappa shape index (κ3) is 1.58. The molecule has 114 valence electrons. The van der Waals surface area contributed by atoms with E-state index in [1.807, 2.05) is 18.2 Å². The van der Waals surface area contributed by atoms with E-state index in [0.29, 0.717) is 5.69 Å². The molecule has 0 radical (unpaired) electrons. The Kier molecular flexibility index (Phi) is 2.37. The van der Waals surface area contributed by atoms with Crippen LogP contribution in [0.1, 0.15) is 49.0 Å². The molecule has 0 atom stereocenters. The van der Waals surface area contributed by atoms with Gasteiger partial charge in [0.1, 0.15) is 0 Å². The summed E-state index contributed by atoms with van der Waals surface area (Å²) in [5.74, 6) is 2.14. The maximum absolute atomic E-state index is 11.8. The maximum atomic E-state index is 11.8. The Morgan fingerprint density at radius 2 is 1.68 bits per heavy atom. The fourth-order valence-electron chi connectivity index (χ4n) is 5.93. The topological polar surface area (TPSA) is 60.9 Å². The van der Waals surface area contributed by atoms with Crippen LogP contribution in [0.15, 0.2) is 24.3 Å². The fraction of sp³-hybridized carbons (Fsp3) is 0.556. The number of carbonyl (C=O) groups is 1. The predicted octanol–water partition coefficient (Wildman–Crippen LogP) is 3.06. The molecule has 22 heavy (non-hydrogen) atoms. The first-order chi connectivity index (χ1) is 10.6. The summed E-state index contributed by atoms with van der Waals surface area (Å²) in [6.07, 6.45) is 7.89. The standard InChI is InChI=1S/C18H21N3O/c19-17(22)16-14-3-1-2-4-15(14)21(20-16)18-8-11-5-12(9-18)7-13(6-11)10-18/h1-4,11-13H,5-10H2,(H2,19,22). The lowest BCUT2D eigenvalue weighted by Gasteiger charge is -2.56. The molecule has 4 nitrogen and oxygen atoms in total. The van der Waals surface area contributed by atoms with E-state index in [-0.39, 0.29) is 5.54 Å². The third-order valence-electron chi connectivity index (χ3n) is 6.28. The number of nitrogens with zero attached hydrogens (tertiary/aromatic N) is 2. The van der Waals surface area contributed by atoms with Crippen LogP contribution >= 0.6 is 0 Å². The highest BCUT2D eigenvalue weighted by Crippen LogP contribution is 2.59. The van der Waals surface area contributed by atoms with Gasteiger partial charge in [0, 0.05) is 5.39 Å². The molecule has 1 aromatic heterocycles. The monoisotopic (exact) mass is 295 g/mol. The number of hydrogen-bond acceptors (Lipinski definition) is 2. The number of para-hydroxylation sites is 1. The third-order valence-corrected chi connectivity index (χ3v) is 6.28. The molecule has 1 aromatic carbocycles. The van der Waals surface area contributed by atoms with E-state index in [1.54, 1.807) is 0 Å². The molecule has 0 saturated heterocycles. The highest BCUT2D eigenvalue weighted by molar-refractivity contribution is 6.04.